The van der Waals surface area contributed by atoms with E-state index in [9.17, 15) is 5.11 Å². The van der Waals surface area contributed by atoms with Gasteiger partial charge in [0.05, 0.1) is 0 Å². The zero-order valence-electron chi connectivity index (χ0n) is 17.4. The zero-order valence-corrected chi connectivity index (χ0v) is 18.4. The Labute approximate surface area is 171 Å². The fourth-order valence-corrected chi connectivity index (χ4v) is 4.64. The van der Waals surface area contributed by atoms with Gasteiger partial charge in [-0.1, -0.05) is 62.7 Å². The first-order valence-electron chi connectivity index (χ1n) is 10.1. The highest BCUT2D eigenvalue weighted by Crippen LogP contribution is 2.24. The van der Waals surface area contributed by atoms with Crippen molar-refractivity contribution in [2.45, 2.75) is 52.6 Å². The molecule has 1 aliphatic rings. The van der Waals surface area contributed by atoms with Crippen molar-refractivity contribution in [2.75, 3.05) is 0 Å². The van der Waals surface area contributed by atoms with Crippen molar-refractivity contribution in [1.82, 2.24) is 5.32 Å². The quantitative estimate of drug-likeness (QED) is 0.685. The van der Waals surface area contributed by atoms with Crippen molar-refractivity contribution >= 4 is 19.2 Å². The van der Waals surface area contributed by atoms with Crippen LogP contribution in [0.1, 0.15) is 43.9 Å². The van der Waals surface area contributed by atoms with E-state index in [1.165, 1.54) is 22.0 Å². The lowest BCUT2D eigenvalue weighted by atomic mass is 9.93. The van der Waals surface area contributed by atoms with Crippen molar-refractivity contribution in [2.24, 2.45) is 5.92 Å². The first-order chi connectivity index (χ1) is 13.3. The van der Waals surface area contributed by atoms with E-state index in [4.69, 9.17) is 0 Å². The molecule has 2 aromatic rings. The maximum absolute atomic E-state index is 10.5. The maximum Gasteiger partial charge on any atom is 0.123 e. The Bertz CT molecular complexity index is 877. The van der Waals surface area contributed by atoms with E-state index in [1.807, 2.05) is 6.07 Å². The Morgan fingerprint density at radius 1 is 1.07 bits per heavy atom. The Morgan fingerprint density at radius 3 is 2.61 bits per heavy atom. The molecule has 2 nitrogen and oxygen atoms in total. The monoisotopic (exact) mass is 393 g/mol. The Hall–Kier alpha value is -1.89. The maximum atomic E-state index is 10.5. The fourth-order valence-electron chi connectivity index (χ4n) is 3.39. The highest BCUT2D eigenvalue weighted by molar-refractivity contribution is 7.55. The number of phenolic OH excluding ortho intramolecular Hbond substituents is 1. The SMILES string of the molecule is Cc1ccc(Pc2cc(CC3C=CC=CC3)ccc2O)c(CNC(C)(C)C)c1. The summed E-state index contributed by atoms with van der Waals surface area (Å²) in [6, 6.07) is 12.8. The topological polar surface area (TPSA) is 32.3 Å². The third kappa shape index (κ3) is 6.06. The number of nitrogens with one attached hydrogen (secondary N) is 1. The number of benzene rings is 2. The van der Waals surface area contributed by atoms with Gasteiger partial charge in [0, 0.05) is 17.4 Å². The number of aromatic hydroxyl groups is 1. The standard InChI is InChI=1S/C25H32NOP/c1-18-10-13-23(21(14-18)17-26-25(2,3)4)28-24-16-20(11-12-22(24)27)15-19-8-6-5-7-9-19/h5-8,10-14,16,19,26-28H,9,15,17H2,1-4H3. The Balaban J connectivity index is 1.80. The minimum Gasteiger partial charge on any atom is -0.507 e. The zero-order chi connectivity index (χ0) is 20.1. The van der Waals surface area contributed by atoms with Gasteiger partial charge in [-0.3, -0.25) is 0 Å². The van der Waals surface area contributed by atoms with Crippen molar-refractivity contribution in [3.05, 3.63) is 77.4 Å². The number of allylic oxidation sites excluding steroid dienone is 4. The first-order valence-corrected chi connectivity index (χ1v) is 11.1. The van der Waals surface area contributed by atoms with Crippen molar-refractivity contribution in [1.29, 1.82) is 0 Å². The van der Waals surface area contributed by atoms with Crippen molar-refractivity contribution < 1.29 is 5.11 Å². The molecule has 0 aromatic heterocycles. The van der Waals surface area contributed by atoms with Gasteiger partial charge in [0.15, 0.2) is 0 Å². The number of hydrogen-bond donors (Lipinski definition) is 2. The molecular formula is C25H32NOP. The van der Waals surface area contributed by atoms with E-state index in [-0.39, 0.29) is 5.54 Å². The van der Waals surface area contributed by atoms with Gasteiger partial charge in [-0.2, -0.15) is 0 Å². The van der Waals surface area contributed by atoms with Crippen LogP contribution in [0.2, 0.25) is 0 Å². The molecule has 0 heterocycles. The van der Waals surface area contributed by atoms with Crippen molar-refractivity contribution in [3.8, 4) is 5.75 Å². The normalized spacial score (nSPS) is 16.9. The average Bonchev–Trinajstić information content (AvgIpc) is 2.65. The molecule has 2 unspecified atom stereocenters. The smallest absolute Gasteiger partial charge is 0.123 e. The van der Waals surface area contributed by atoms with Crippen LogP contribution in [0.15, 0.2) is 60.7 Å². The molecule has 2 atom stereocenters. The predicted octanol–water partition coefficient (Wildman–Crippen LogP) is 4.89. The summed E-state index contributed by atoms with van der Waals surface area (Å²) in [7, 11) is 0.451. The van der Waals surface area contributed by atoms with Crippen LogP contribution in [-0.2, 0) is 13.0 Å². The van der Waals surface area contributed by atoms with E-state index in [0.717, 1.165) is 24.7 Å². The van der Waals surface area contributed by atoms with Gasteiger partial charge in [-0.05, 0) is 75.0 Å². The largest absolute Gasteiger partial charge is 0.507 e. The summed E-state index contributed by atoms with van der Waals surface area (Å²) < 4.78 is 0. The third-order valence-corrected chi connectivity index (χ3v) is 6.39. The van der Waals surface area contributed by atoms with Gasteiger partial charge in [0.1, 0.15) is 5.75 Å². The van der Waals surface area contributed by atoms with Gasteiger partial charge in [0.2, 0.25) is 0 Å². The van der Waals surface area contributed by atoms with Crippen LogP contribution in [0.3, 0.4) is 0 Å². The third-order valence-electron chi connectivity index (χ3n) is 4.97. The van der Waals surface area contributed by atoms with Crippen LogP contribution in [0.4, 0.5) is 0 Å². The molecule has 0 saturated carbocycles. The molecule has 28 heavy (non-hydrogen) atoms. The summed E-state index contributed by atoms with van der Waals surface area (Å²) in [6.45, 7) is 9.55. The number of phenols is 1. The lowest BCUT2D eigenvalue weighted by Gasteiger charge is -2.22. The summed E-state index contributed by atoms with van der Waals surface area (Å²) in [5, 5.41) is 16.4. The van der Waals surface area contributed by atoms with E-state index < -0.39 is 0 Å². The van der Waals surface area contributed by atoms with Crippen LogP contribution in [0.25, 0.3) is 0 Å². The van der Waals surface area contributed by atoms with Crippen LogP contribution in [0.5, 0.6) is 5.75 Å². The Morgan fingerprint density at radius 2 is 1.89 bits per heavy atom. The van der Waals surface area contributed by atoms with E-state index in [2.05, 4.69) is 87.6 Å². The van der Waals surface area contributed by atoms with Gasteiger partial charge >= 0.3 is 0 Å². The second-order valence-corrected chi connectivity index (χ2v) is 10.1. The average molecular weight is 394 g/mol. The van der Waals surface area contributed by atoms with Gasteiger partial charge in [-0.15, -0.1) is 0 Å². The van der Waals surface area contributed by atoms with Gasteiger partial charge in [0.25, 0.3) is 0 Å². The van der Waals surface area contributed by atoms with Crippen molar-refractivity contribution in [3.63, 3.8) is 0 Å². The molecule has 0 fully saturated rings. The summed E-state index contributed by atoms with van der Waals surface area (Å²) in [5.74, 6) is 0.952. The summed E-state index contributed by atoms with van der Waals surface area (Å²) in [6.07, 6.45) is 10.9. The minimum absolute atomic E-state index is 0.0775. The minimum atomic E-state index is 0.0775. The van der Waals surface area contributed by atoms with Crippen LogP contribution >= 0.6 is 8.58 Å². The molecule has 0 bridgehead atoms. The molecule has 0 radical (unpaired) electrons. The van der Waals surface area contributed by atoms with E-state index in [1.54, 1.807) is 0 Å². The molecule has 0 saturated heterocycles. The summed E-state index contributed by atoms with van der Waals surface area (Å²) in [5.41, 5.74) is 3.97. The van der Waals surface area contributed by atoms with Crippen LogP contribution in [0, 0.1) is 12.8 Å². The highest BCUT2D eigenvalue weighted by Gasteiger charge is 2.13. The summed E-state index contributed by atoms with van der Waals surface area (Å²) >= 11 is 0. The lowest BCUT2D eigenvalue weighted by Crippen LogP contribution is -2.36. The second-order valence-electron chi connectivity index (χ2n) is 8.75. The van der Waals surface area contributed by atoms with E-state index in [0.29, 0.717) is 20.2 Å². The molecule has 1 aliphatic carbocycles. The number of rotatable bonds is 6. The molecule has 3 heteroatoms. The number of hydrogen-bond acceptors (Lipinski definition) is 2. The molecular weight excluding hydrogens is 361 g/mol. The van der Waals surface area contributed by atoms with Gasteiger partial charge < -0.3 is 10.4 Å². The molecule has 3 rings (SSSR count). The molecule has 0 spiro atoms. The highest BCUT2D eigenvalue weighted by atomic mass is 31.1. The van der Waals surface area contributed by atoms with Crippen LogP contribution in [-0.4, -0.2) is 10.6 Å². The molecule has 0 amide bonds. The lowest BCUT2D eigenvalue weighted by molar-refractivity contribution is 0.425. The van der Waals surface area contributed by atoms with E-state index >= 15 is 0 Å². The molecule has 2 N–H and O–H groups in total. The molecule has 0 aliphatic heterocycles. The first kappa shape index (κ1) is 20.8. The predicted molar refractivity (Wildman–Crippen MR) is 124 cm³/mol. The molecule has 2 aromatic carbocycles. The summed E-state index contributed by atoms with van der Waals surface area (Å²) in [4.78, 5) is 0. The second kappa shape index (κ2) is 9.07. The number of aryl methyl sites for hydroxylation is 1. The van der Waals surface area contributed by atoms with Crippen LogP contribution < -0.4 is 15.9 Å². The Kier molecular flexibility index (Phi) is 6.75. The fraction of sp³-hybridized carbons (Fsp3) is 0.360. The molecule has 148 valence electrons. The van der Waals surface area contributed by atoms with Gasteiger partial charge in [-0.25, -0.2) is 0 Å².